The van der Waals surface area contributed by atoms with Crippen molar-refractivity contribution in [1.29, 1.82) is 0 Å². The van der Waals surface area contributed by atoms with Crippen molar-refractivity contribution >= 4 is 27.8 Å². The summed E-state index contributed by atoms with van der Waals surface area (Å²) < 4.78 is 5.64. The van der Waals surface area contributed by atoms with Gasteiger partial charge in [-0.05, 0) is 49.9 Å². The fourth-order valence-corrected chi connectivity index (χ4v) is 3.39. The van der Waals surface area contributed by atoms with Crippen LogP contribution in [0.4, 0.5) is 0 Å². The van der Waals surface area contributed by atoms with E-state index in [4.69, 9.17) is 4.74 Å². The minimum Gasteiger partial charge on any atom is -0.469 e. The summed E-state index contributed by atoms with van der Waals surface area (Å²) in [5.74, 6) is -0.266. The number of carbonyl (C=O) groups excluding carboxylic acids is 2. The number of rotatable bonds is 3. The standard InChI is InChI=1S/C16H20BrNO3/c1-11-7-12(9-13(17)8-11)16(20)18-6-4-3-5-14(18)10-15(19)21-2/h7-9,14H,3-6,10H2,1-2H3. The van der Waals surface area contributed by atoms with E-state index in [1.807, 2.05) is 30.0 Å². The van der Waals surface area contributed by atoms with E-state index in [0.29, 0.717) is 12.1 Å². The molecule has 1 heterocycles. The van der Waals surface area contributed by atoms with Crippen molar-refractivity contribution in [2.75, 3.05) is 13.7 Å². The molecule has 0 radical (unpaired) electrons. The summed E-state index contributed by atoms with van der Waals surface area (Å²) >= 11 is 3.43. The Morgan fingerprint density at radius 3 is 2.76 bits per heavy atom. The van der Waals surface area contributed by atoms with Gasteiger partial charge in [0, 0.05) is 22.6 Å². The first-order valence-corrected chi connectivity index (χ1v) is 7.95. The molecular weight excluding hydrogens is 334 g/mol. The molecule has 0 aliphatic carbocycles. The molecule has 0 N–H and O–H groups in total. The van der Waals surface area contributed by atoms with E-state index in [9.17, 15) is 9.59 Å². The predicted octanol–water partition coefficient (Wildman–Crippen LogP) is 3.32. The van der Waals surface area contributed by atoms with Gasteiger partial charge in [-0.15, -0.1) is 0 Å². The zero-order valence-corrected chi connectivity index (χ0v) is 14.0. The van der Waals surface area contributed by atoms with Gasteiger partial charge < -0.3 is 9.64 Å². The lowest BCUT2D eigenvalue weighted by atomic mass is 9.98. The molecule has 1 aromatic carbocycles. The molecule has 1 atom stereocenters. The second-order valence-corrected chi connectivity index (χ2v) is 6.36. The van der Waals surface area contributed by atoms with Crippen molar-refractivity contribution < 1.29 is 14.3 Å². The van der Waals surface area contributed by atoms with Gasteiger partial charge in [-0.2, -0.15) is 0 Å². The minimum absolute atomic E-state index is 0.00648. The van der Waals surface area contributed by atoms with Crippen LogP contribution in [0.15, 0.2) is 22.7 Å². The van der Waals surface area contributed by atoms with Gasteiger partial charge in [0.05, 0.1) is 13.5 Å². The van der Waals surface area contributed by atoms with Gasteiger partial charge >= 0.3 is 5.97 Å². The van der Waals surface area contributed by atoms with Crippen LogP contribution in [0.5, 0.6) is 0 Å². The average molecular weight is 354 g/mol. The molecule has 0 aromatic heterocycles. The molecule has 114 valence electrons. The monoisotopic (exact) mass is 353 g/mol. The summed E-state index contributed by atoms with van der Waals surface area (Å²) in [7, 11) is 1.38. The van der Waals surface area contributed by atoms with Gasteiger partial charge in [-0.25, -0.2) is 0 Å². The Balaban J connectivity index is 2.19. The number of methoxy groups -OCH3 is 1. The van der Waals surface area contributed by atoms with Crippen LogP contribution in [0.2, 0.25) is 0 Å². The summed E-state index contributed by atoms with van der Waals surface area (Å²) in [6, 6.07) is 5.63. The third-order valence-electron chi connectivity index (χ3n) is 3.81. The Kier molecular flexibility index (Phi) is 5.39. The fourth-order valence-electron chi connectivity index (χ4n) is 2.78. The normalized spacial score (nSPS) is 18.4. The van der Waals surface area contributed by atoms with Crippen molar-refractivity contribution in [3.63, 3.8) is 0 Å². The number of hydrogen-bond acceptors (Lipinski definition) is 3. The molecule has 1 amide bonds. The zero-order valence-electron chi connectivity index (χ0n) is 12.4. The number of halogens is 1. The summed E-state index contributed by atoms with van der Waals surface area (Å²) in [6.45, 7) is 2.66. The molecule has 0 bridgehead atoms. The van der Waals surface area contributed by atoms with E-state index < -0.39 is 0 Å². The molecule has 1 aliphatic heterocycles. The number of carbonyl (C=O) groups is 2. The van der Waals surface area contributed by atoms with Crippen molar-refractivity contribution in [2.45, 2.75) is 38.6 Å². The average Bonchev–Trinajstić information content (AvgIpc) is 2.46. The second-order valence-electron chi connectivity index (χ2n) is 5.45. The first-order valence-electron chi connectivity index (χ1n) is 7.16. The van der Waals surface area contributed by atoms with Crippen molar-refractivity contribution in [1.82, 2.24) is 4.90 Å². The lowest BCUT2D eigenvalue weighted by molar-refractivity contribution is -0.142. The quantitative estimate of drug-likeness (QED) is 0.783. The largest absolute Gasteiger partial charge is 0.469 e. The Bertz CT molecular complexity index is 524. The molecule has 0 spiro atoms. The highest BCUT2D eigenvalue weighted by atomic mass is 79.9. The number of amides is 1. The van der Waals surface area contributed by atoms with Gasteiger partial charge in [0.2, 0.25) is 0 Å². The van der Waals surface area contributed by atoms with Crippen LogP contribution in [0, 0.1) is 6.92 Å². The van der Waals surface area contributed by atoms with Crippen molar-refractivity contribution in [2.24, 2.45) is 0 Å². The molecule has 1 aromatic rings. The van der Waals surface area contributed by atoms with Gasteiger partial charge in [-0.1, -0.05) is 15.9 Å². The highest BCUT2D eigenvalue weighted by Crippen LogP contribution is 2.24. The molecule has 1 fully saturated rings. The van der Waals surface area contributed by atoms with Crippen LogP contribution in [0.25, 0.3) is 0 Å². The van der Waals surface area contributed by atoms with E-state index in [-0.39, 0.29) is 24.3 Å². The number of aryl methyl sites for hydroxylation is 1. The third kappa shape index (κ3) is 4.06. The molecule has 21 heavy (non-hydrogen) atoms. The number of piperidine rings is 1. The molecule has 1 unspecified atom stereocenters. The molecule has 2 rings (SSSR count). The third-order valence-corrected chi connectivity index (χ3v) is 4.26. The van der Waals surface area contributed by atoms with Crippen molar-refractivity contribution in [3.8, 4) is 0 Å². The summed E-state index contributed by atoms with van der Waals surface area (Å²) in [6.07, 6.45) is 3.16. The van der Waals surface area contributed by atoms with Crippen LogP contribution in [-0.2, 0) is 9.53 Å². The highest BCUT2D eigenvalue weighted by Gasteiger charge is 2.29. The highest BCUT2D eigenvalue weighted by molar-refractivity contribution is 9.10. The van der Waals surface area contributed by atoms with Crippen LogP contribution in [-0.4, -0.2) is 36.5 Å². The van der Waals surface area contributed by atoms with Gasteiger partial charge in [0.15, 0.2) is 0 Å². The van der Waals surface area contributed by atoms with Gasteiger partial charge in [0.25, 0.3) is 5.91 Å². The lowest BCUT2D eigenvalue weighted by Gasteiger charge is -2.35. The summed E-state index contributed by atoms with van der Waals surface area (Å²) in [4.78, 5) is 26.1. The Hall–Kier alpha value is -1.36. The Labute approximate surface area is 133 Å². The Morgan fingerprint density at radius 1 is 1.33 bits per heavy atom. The second kappa shape index (κ2) is 7.07. The topological polar surface area (TPSA) is 46.6 Å². The minimum atomic E-state index is -0.259. The molecule has 4 nitrogen and oxygen atoms in total. The first-order chi connectivity index (χ1) is 10.0. The number of ether oxygens (including phenoxy) is 1. The molecule has 5 heteroatoms. The number of esters is 1. The van der Waals surface area contributed by atoms with E-state index in [2.05, 4.69) is 15.9 Å². The summed E-state index contributed by atoms with van der Waals surface area (Å²) in [5, 5.41) is 0. The molecule has 1 aliphatic rings. The number of benzene rings is 1. The van der Waals surface area contributed by atoms with Crippen LogP contribution in [0.1, 0.15) is 41.6 Å². The van der Waals surface area contributed by atoms with E-state index >= 15 is 0 Å². The maximum Gasteiger partial charge on any atom is 0.307 e. The smallest absolute Gasteiger partial charge is 0.307 e. The Morgan fingerprint density at radius 2 is 2.10 bits per heavy atom. The van der Waals surface area contributed by atoms with E-state index in [0.717, 1.165) is 29.3 Å². The van der Waals surface area contributed by atoms with Crippen LogP contribution in [0.3, 0.4) is 0 Å². The fraction of sp³-hybridized carbons (Fsp3) is 0.500. The number of nitrogens with zero attached hydrogens (tertiary/aromatic N) is 1. The van der Waals surface area contributed by atoms with E-state index in [1.165, 1.54) is 7.11 Å². The lowest BCUT2D eigenvalue weighted by Crippen LogP contribution is -2.44. The van der Waals surface area contributed by atoms with Crippen LogP contribution < -0.4 is 0 Å². The van der Waals surface area contributed by atoms with Crippen molar-refractivity contribution in [3.05, 3.63) is 33.8 Å². The molecular formula is C16H20BrNO3. The van der Waals surface area contributed by atoms with E-state index in [1.54, 1.807) is 0 Å². The van der Waals surface area contributed by atoms with Gasteiger partial charge in [-0.3, -0.25) is 9.59 Å². The number of likely N-dealkylation sites (tertiary alicyclic amines) is 1. The van der Waals surface area contributed by atoms with Crippen LogP contribution >= 0.6 is 15.9 Å². The predicted molar refractivity (Wildman–Crippen MR) is 84.2 cm³/mol. The SMILES string of the molecule is COC(=O)CC1CCCCN1C(=O)c1cc(C)cc(Br)c1. The number of hydrogen-bond donors (Lipinski definition) is 0. The maximum atomic E-state index is 12.7. The zero-order chi connectivity index (χ0) is 15.4. The maximum absolute atomic E-state index is 12.7. The first kappa shape index (κ1) is 16.0. The molecule has 0 saturated carbocycles. The molecule has 1 saturated heterocycles. The van der Waals surface area contributed by atoms with Gasteiger partial charge in [0.1, 0.15) is 0 Å². The summed E-state index contributed by atoms with van der Waals surface area (Å²) in [5.41, 5.74) is 1.70.